The van der Waals surface area contributed by atoms with Gasteiger partial charge in [0.25, 0.3) is 0 Å². The Morgan fingerprint density at radius 1 is 1.06 bits per heavy atom. The Hall–Kier alpha value is -3.52. The average molecular weight is 475 g/mol. The molecule has 0 bridgehead atoms. The maximum absolute atomic E-state index is 13.9. The van der Waals surface area contributed by atoms with Crippen LogP contribution in [0.3, 0.4) is 0 Å². The van der Waals surface area contributed by atoms with E-state index < -0.39 is 41.1 Å². The summed E-state index contributed by atoms with van der Waals surface area (Å²) >= 11 is 0. The van der Waals surface area contributed by atoms with Gasteiger partial charge in [0, 0.05) is 23.7 Å². The number of nitrogens with two attached hydrogens (primary N) is 1. The van der Waals surface area contributed by atoms with Crippen molar-refractivity contribution in [3.05, 3.63) is 58.7 Å². The molecule has 2 fully saturated rings. The number of rotatable bonds is 6. The molecule has 3 aliphatic heterocycles. The lowest BCUT2D eigenvalue weighted by atomic mass is 9.76. The number of aryl methyl sites for hydroxylation is 2. The number of hydrogen-bond acceptors (Lipinski definition) is 5. The fraction of sp³-hybridized carbons (Fsp3) is 0.407. The molecule has 8 heteroatoms. The summed E-state index contributed by atoms with van der Waals surface area (Å²) in [5.41, 5.74) is 8.86. The highest BCUT2D eigenvalue weighted by atomic mass is 16.2. The highest BCUT2D eigenvalue weighted by molar-refractivity contribution is 6.26. The van der Waals surface area contributed by atoms with Crippen molar-refractivity contribution in [1.29, 1.82) is 0 Å². The molecule has 2 aromatic carbocycles. The Kier molecular flexibility index (Phi) is 5.51. The fourth-order valence-corrected chi connectivity index (χ4v) is 5.96. The van der Waals surface area contributed by atoms with Gasteiger partial charge in [-0.3, -0.25) is 24.5 Å². The number of primary amides is 1. The lowest BCUT2D eigenvalue weighted by Crippen LogP contribution is -2.53. The molecule has 0 unspecified atom stereocenters. The minimum absolute atomic E-state index is 0.154. The molecule has 2 aromatic rings. The average Bonchev–Trinajstić information content (AvgIpc) is 3.40. The molecular weight excluding hydrogens is 444 g/mol. The van der Waals surface area contributed by atoms with E-state index >= 15 is 0 Å². The smallest absolute Gasteiger partial charge is 0.250 e. The minimum atomic E-state index is -1.44. The molecule has 4 amide bonds. The Labute approximate surface area is 204 Å². The summed E-state index contributed by atoms with van der Waals surface area (Å²) in [7, 11) is 0. The van der Waals surface area contributed by atoms with E-state index in [1.807, 2.05) is 38.1 Å². The van der Waals surface area contributed by atoms with E-state index in [1.165, 1.54) is 4.90 Å². The van der Waals surface area contributed by atoms with Gasteiger partial charge in [0.05, 0.1) is 17.5 Å². The van der Waals surface area contributed by atoms with Gasteiger partial charge in [0.1, 0.15) is 5.54 Å². The molecule has 4 N–H and O–H groups in total. The second kappa shape index (κ2) is 8.30. The van der Waals surface area contributed by atoms with Crippen LogP contribution in [0.15, 0.2) is 36.4 Å². The first-order chi connectivity index (χ1) is 16.7. The van der Waals surface area contributed by atoms with Crippen molar-refractivity contribution in [2.24, 2.45) is 17.6 Å². The molecule has 0 aromatic heterocycles. The SMILES string of the molecule is CCCCc1ccc(N2C(=O)[C@H]3[C@@H](C2=O)[C@]2(N[C@@H]3CC(N)=O)C(=O)Nc3c2ccc(C)c3C)cc1. The first-order valence-electron chi connectivity index (χ1n) is 12.2. The maximum Gasteiger partial charge on any atom is 0.250 e. The molecule has 1 spiro atoms. The van der Waals surface area contributed by atoms with E-state index in [9.17, 15) is 19.2 Å². The lowest BCUT2D eigenvalue weighted by molar-refractivity contribution is -0.130. The number of nitrogens with one attached hydrogen (secondary N) is 2. The first kappa shape index (κ1) is 23.2. The van der Waals surface area contributed by atoms with Crippen LogP contribution in [0.2, 0.25) is 0 Å². The molecular formula is C27H30N4O4. The number of carbonyl (C=O) groups is 4. The van der Waals surface area contributed by atoms with Crippen molar-refractivity contribution >= 4 is 35.0 Å². The molecule has 4 atom stereocenters. The van der Waals surface area contributed by atoms with Gasteiger partial charge in [-0.2, -0.15) is 0 Å². The van der Waals surface area contributed by atoms with Crippen LogP contribution in [0.1, 0.15) is 48.4 Å². The lowest BCUT2D eigenvalue weighted by Gasteiger charge is -2.29. The van der Waals surface area contributed by atoms with Crippen LogP contribution in [-0.2, 0) is 31.1 Å². The number of imide groups is 1. The van der Waals surface area contributed by atoms with Crippen molar-refractivity contribution in [2.45, 2.75) is 58.0 Å². The summed E-state index contributed by atoms with van der Waals surface area (Å²) in [6.07, 6.45) is 2.90. The number of nitrogens with zero attached hydrogens (tertiary/aromatic N) is 1. The number of carbonyl (C=O) groups excluding carboxylic acids is 4. The van der Waals surface area contributed by atoms with Crippen LogP contribution in [0.4, 0.5) is 11.4 Å². The van der Waals surface area contributed by atoms with Crippen molar-refractivity contribution in [1.82, 2.24) is 5.32 Å². The van der Waals surface area contributed by atoms with E-state index in [0.717, 1.165) is 36.0 Å². The molecule has 2 saturated heterocycles. The molecule has 5 rings (SSSR count). The van der Waals surface area contributed by atoms with Crippen molar-refractivity contribution in [2.75, 3.05) is 10.2 Å². The monoisotopic (exact) mass is 474 g/mol. The molecule has 0 saturated carbocycles. The van der Waals surface area contributed by atoms with Crippen molar-refractivity contribution in [3.8, 4) is 0 Å². The number of hydrogen-bond donors (Lipinski definition) is 3. The molecule has 0 radical (unpaired) electrons. The Morgan fingerprint density at radius 2 is 1.77 bits per heavy atom. The summed E-state index contributed by atoms with van der Waals surface area (Å²) in [4.78, 5) is 54.3. The van der Waals surface area contributed by atoms with Gasteiger partial charge in [-0.15, -0.1) is 0 Å². The van der Waals surface area contributed by atoms with Gasteiger partial charge in [-0.1, -0.05) is 37.6 Å². The zero-order chi connectivity index (χ0) is 25.1. The third-order valence-electron chi connectivity index (χ3n) is 7.86. The largest absolute Gasteiger partial charge is 0.370 e. The van der Waals surface area contributed by atoms with Gasteiger partial charge in [-0.05, 0) is 55.5 Å². The second-order valence-corrected chi connectivity index (χ2v) is 9.90. The van der Waals surface area contributed by atoms with Crippen LogP contribution in [0.5, 0.6) is 0 Å². The van der Waals surface area contributed by atoms with E-state index in [1.54, 1.807) is 12.1 Å². The summed E-state index contributed by atoms with van der Waals surface area (Å²) in [5.74, 6) is -3.71. The number of fused-ring (bicyclic) bond motifs is 4. The van der Waals surface area contributed by atoms with Crippen LogP contribution in [-0.4, -0.2) is 29.7 Å². The van der Waals surface area contributed by atoms with Gasteiger partial charge < -0.3 is 11.1 Å². The normalized spacial score (nSPS) is 26.9. The molecule has 8 nitrogen and oxygen atoms in total. The van der Waals surface area contributed by atoms with E-state index in [4.69, 9.17) is 5.73 Å². The Morgan fingerprint density at radius 3 is 2.43 bits per heavy atom. The van der Waals surface area contributed by atoms with Gasteiger partial charge >= 0.3 is 0 Å². The van der Waals surface area contributed by atoms with Gasteiger partial charge in [0.2, 0.25) is 23.6 Å². The van der Waals surface area contributed by atoms with Crippen molar-refractivity contribution in [3.63, 3.8) is 0 Å². The topological polar surface area (TPSA) is 122 Å². The zero-order valence-corrected chi connectivity index (χ0v) is 20.2. The number of benzene rings is 2. The van der Waals surface area contributed by atoms with Gasteiger partial charge in [-0.25, -0.2) is 4.90 Å². The van der Waals surface area contributed by atoms with E-state index in [-0.39, 0.29) is 12.3 Å². The van der Waals surface area contributed by atoms with E-state index in [2.05, 4.69) is 17.6 Å². The standard InChI is InChI=1S/C27H30N4O4/c1-4-5-6-16-8-10-17(11-9-16)31-24(33)21-19(13-20(28)32)30-27(22(21)25(31)34)18-12-7-14(2)15(3)23(18)29-26(27)35/h7-12,19,21-22,30H,4-6,13H2,1-3H3,(H2,28,32)(H,29,35)/t19-,21-,22+,27+/m1/s1. The fourth-order valence-electron chi connectivity index (χ4n) is 5.96. The third-order valence-corrected chi connectivity index (χ3v) is 7.86. The molecule has 35 heavy (non-hydrogen) atoms. The van der Waals surface area contributed by atoms with Crippen LogP contribution in [0, 0.1) is 25.7 Å². The quantitative estimate of drug-likeness (QED) is 0.555. The molecule has 3 aliphatic rings. The van der Waals surface area contributed by atoms with Gasteiger partial charge in [0.15, 0.2) is 0 Å². The predicted molar refractivity (Wildman–Crippen MR) is 131 cm³/mol. The molecule has 3 heterocycles. The summed E-state index contributed by atoms with van der Waals surface area (Å²) in [6, 6.07) is 10.4. The van der Waals surface area contributed by atoms with E-state index in [0.29, 0.717) is 16.9 Å². The third kappa shape index (κ3) is 3.31. The minimum Gasteiger partial charge on any atom is -0.370 e. The Balaban J connectivity index is 1.60. The second-order valence-electron chi connectivity index (χ2n) is 9.90. The molecule has 182 valence electrons. The molecule has 0 aliphatic carbocycles. The number of unbranched alkanes of at least 4 members (excludes halogenated alkanes) is 1. The first-order valence-corrected chi connectivity index (χ1v) is 12.2. The predicted octanol–water partition coefficient (Wildman–Crippen LogP) is 2.45. The van der Waals surface area contributed by atoms with Crippen LogP contribution >= 0.6 is 0 Å². The zero-order valence-electron chi connectivity index (χ0n) is 20.2. The van der Waals surface area contributed by atoms with Crippen LogP contribution in [0.25, 0.3) is 0 Å². The Bertz CT molecular complexity index is 1250. The van der Waals surface area contributed by atoms with Crippen molar-refractivity contribution < 1.29 is 19.2 Å². The van der Waals surface area contributed by atoms with Crippen LogP contribution < -0.4 is 21.3 Å². The number of amides is 4. The number of anilines is 2. The highest BCUT2D eigenvalue weighted by Gasteiger charge is 2.70. The summed E-state index contributed by atoms with van der Waals surface area (Å²) in [5, 5.41) is 6.18. The summed E-state index contributed by atoms with van der Waals surface area (Å²) < 4.78 is 0. The maximum atomic E-state index is 13.9. The summed E-state index contributed by atoms with van der Waals surface area (Å²) in [6.45, 7) is 5.99. The highest BCUT2D eigenvalue weighted by Crippen LogP contribution is 2.54.